The van der Waals surface area contributed by atoms with Crippen molar-refractivity contribution in [2.24, 2.45) is 0 Å². The van der Waals surface area contributed by atoms with Gasteiger partial charge in [0.25, 0.3) is 3.90 Å². The van der Waals surface area contributed by atoms with Gasteiger partial charge in [-0.2, -0.15) is 0 Å². The molecule has 0 N–H and O–H groups in total. The van der Waals surface area contributed by atoms with E-state index in [-0.39, 0.29) is 6.10 Å². The van der Waals surface area contributed by atoms with Crippen LogP contribution in [0.5, 0.6) is 0 Å². The maximum Gasteiger partial charge on any atom is 0.278 e. The molecule has 0 aliphatic rings. The number of hydrogen-bond acceptors (Lipinski definition) is 4. The second kappa shape index (κ2) is 4.01. The van der Waals surface area contributed by atoms with Crippen molar-refractivity contribution in [2.75, 3.05) is 0 Å². The van der Waals surface area contributed by atoms with Crippen LogP contribution in [0.4, 0.5) is 0 Å². The van der Waals surface area contributed by atoms with Gasteiger partial charge in [0, 0.05) is 22.6 Å². The van der Waals surface area contributed by atoms with Crippen molar-refractivity contribution in [2.45, 2.75) is 26.6 Å². The lowest BCUT2D eigenvalue weighted by Gasteiger charge is -2.02. The van der Waals surface area contributed by atoms with Crippen LogP contribution in [-0.4, -0.2) is 16.3 Å². The van der Waals surface area contributed by atoms with Gasteiger partial charge >= 0.3 is 0 Å². The fourth-order valence-electron chi connectivity index (χ4n) is 0.529. The van der Waals surface area contributed by atoms with Gasteiger partial charge in [-0.15, -0.1) is 10.2 Å². The van der Waals surface area contributed by atoms with Gasteiger partial charge in [-0.3, -0.25) is 0 Å². The number of rotatable bonds is 3. The summed E-state index contributed by atoms with van der Waals surface area (Å²) in [6.45, 7) is 4.32. The Kier molecular flexibility index (Phi) is 3.25. The lowest BCUT2D eigenvalue weighted by Crippen LogP contribution is -2.02. The van der Waals surface area contributed by atoms with Crippen LogP contribution in [0.25, 0.3) is 0 Å². The zero-order chi connectivity index (χ0) is 8.27. The first kappa shape index (κ1) is 8.92. The van der Waals surface area contributed by atoms with E-state index in [0.29, 0.717) is 16.4 Å². The molecule has 0 aliphatic heterocycles. The molecule has 0 spiro atoms. The summed E-state index contributed by atoms with van der Waals surface area (Å²) < 4.78 is 10.9. The minimum atomic E-state index is 0.194. The van der Waals surface area contributed by atoms with Gasteiger partial charge in [0.15, 0.2) is 0 Å². The molecule has 1 heterocycles. The molecule has 1 rings (SSSR count). The average Bonchev–Trinajstić information content (AvgIpc) is 2.31. The van der Waals surface area contributed by atoms with Gasteiger partial charge in [0.05, 0.1) is 6.10 Å². The van der Waals surface area contributed by atoms with E-state index in [0.717, 1.165) is 0 Å². The van der Waals surface area contributed by atoms with Gasteiger partial charge in [-0.05, 0) is 13.8 Å². The summed E-state index contributed by atoms with van der Waals surface area (Å²) in [7, 11) is 0. The molecule has 0 fully saturated rings. The Labute approximate surface area is 78.5 Å². The molecule has 4 nitrogen and oxygen atoms in total. The van der Waals surface area contributed by atoms with E-state index in [2.05, 4.69) is 10.2 Å². The van der Waals surface area contributed by atoms with Gasteiger partial charge in [0.1, 0.15) is 6.61 Å². The van der Waals surface area contributed by atoms with Crippen LogP contribution < -0.4 is 0 Å². The molecule has 62 valence electrons. The van der Waals surface area contributed by atoms with Crippen molar-refractivity contribution in [1.29, 1.82) is 0 Å². The van der Waals surface area contributed by atoms with Crippen LogP contribution in [0.15, 0.2) is 4.42 Å². The van der Waals surface area contributed by atoms with Gasteiger partial charge in [-0.1, -0.05) is 0 Å². The topological polar surface area (TPSA) is 48.2 Å². The summed E-state index contributed by atoms with van der Waals surface area (Å²) in [5, 5.41) is 7.42. The van der Waals surface area contributed by atoms with Crippen molar-refractivity contribution < 1.29 is 9.15 Å². The molecule has 5 heteroatoms. The Balaban J connectivity index is 2.39. The normalized spacial score (nSPS) is 10.9. The third-order valence-electron chi connectivity index (χ3n) is 0.982. The van der Waals surface area contributed by atoms with E-state index in [1.165, 1.54) is 0 Å². The Bertz CT molecular complexity index is 224. The molecule has 0 unspecified atom stereocenters. The molecule has 0 aromatic carbocycles. The minimum Gasteiger partial charge on any atom is -0.414 e. The Morgan fingerprint density at radius 1 is 1.55 bits per heavy atom. The Hall–Kier alpha value is -0.170. The molecule has 0 atom stereocenters. The first-order chi connectivity index (χ1) is 5.18. The molecule has 0 radical (unpaired) electrons. The third kappa shape index (κ3) is 3.15. The predicted octanol–water partition coefficient (Wildman–Crippen LogP) is 1.60. The average molecular weight is 268 g/mol. The second-order valence-corrected chi connectivity index (χ2v) is 3.23. The fraction of sp³-hybridized carbons (Fsp3) is 0.667. The smallest absolute Gasteiger partial charge is 0.278 e. The highest BCUT2D eigenvalue weighted by Crippen LogP contribution is 2.04. The van der Waals surface area contributed by atoms with Crippen LogP contribution in [0.1, 0.15) is 19.7 Å². The standard InChI is InChI=1S/C6H9IN2O2/c1-4(2)10-3-5-8-9-6(7)11-5/h4H,3H2,1-2H3. The summed E-state index contributed by atoms with van der Waals surface area (Å²) in [6, 6.07) is 0. The van der Waals surface area contributed by atoms with Crippen molar-refractivity contribution in [3.05, 3.63) is 9.79 Å². The summed E-state index contributed by atoms with van der Waals surface area (Å²) in [6.07, 6.45) is 0.194. The molecule has 0 bridgehead atoms. The van der Waals surface area contributed by atoms with Crippen molar-refractivity contribution >= 4 is 22.6 Å². The molecular formula is C6H9IN2O2. The van der Waals surface area contributed by atoms with Crippen LogP contribution in [-0.2, 0) is 11.3 Å². The minimum absolute atomic E-state index is 0.194. The fourth-order valence-corrected chi connectivity index (χ4v) is 0.891. The Morgan fingerprint density at radius 3 is 2.73 bits per heavy atom. The van der Waals surface area contributed by atoms with E-state index in [9.17, 15) is 0 Å². The summed E-state index contributed by atoms with van der Waals surface area (Å²) in [5.74, 6) is 0.531. The maximum atomic E-state index is 5.24. The van der Waals surface area contributed by atoms with E-state index < -0.39 is 0 Å². The quantitative estimate of drug-likeness (QED) is 0.781. The second-order valence-electron chi connectivity index (χ2n) is 2.31. The van der Waals surface area contributed by atoms with E-state index >= 15 is 0 Å². The molecule has 1 aromatic rings. The van der Waals surface area contributed by atoms with E-state index in [4.69, 9.17) is 9.15 Å². The summed E-state index contributed by atoms with van der Waals surface area (Å²) >= 11 is 1.96. The molecule has 0 saturated heterocycles. The monoisotopic (exact) mass is 268 g/mol. The predicted molar refractivity (Wildman–Crippen MR) is 46.9 cm³/mol. The zero-order valence-corrected chi connectivity index (χ0v) is 8.53. The first-order valence-corrected chi connectivity index (χ1v) is 4.36. The summed E-state index contributed by atoms with van der Waals surface area (Å²) in [5.41, 5.74) is 0. The molecule has 0 aliphatic carbocycles. The number of halogens is 1. The largest absolute Gasteiger partial charge is 0.414 e. The van der Waals surface area contributed by atoms with Crippen LogP contribution >= 0.6 is 22.6 Å². The van der Waals surface area contributed by atoms with Gasteiger partial charge < -0.3 is 9.15 Å². The number of ether oxygens (including phenoxy) is 1. The zero-order valence-electron chi connectivity index (χ0n) is 6.37. The highest BCUT2D eigenvalue weighted by Gasteiger charge is 2.03. The highest BCUT2D eigenvalue weighted by atomic mass is 127. The van der Waals surface area contributed by atoms with Crippen molar-refractivity contribution in [3.63, 3.8) is 0 Å². The van der Waals surface area contributed by atoms with Crippen molar-refractivity contribution in [3.8, 4) is 0 Å². The lowest BCUT2D eigenvalue weighted by molar-refractivity contribution is 0.0511. The van der Waals surface area contributed by atoms with Crippen LogP contribution in [0, 0.1) is 3.90 Å². The number of nitrogens with zero attached hydrogens (tertiary/aromatic N) is 2. The molecule has 1 aromatic heterocycles. The summed E-state index contributed by atoms with van der Waals surface area (Å²) in [4.78, 5) is 0. The molecule has 11 heavy (non-hydrogen) atoms. The molecule has 0 saturated carbocycles. The number of aromatic nitrogens is 2. The lowest BCUT2D eigenvalue weighted by atomic mass is 10.5. The molecule has 0 amide bonds. The van der Waals surface area contributed by atoms with Gasteiger partial charge in [0.2, 0.25) is 5.89 Å². The maximum absolute atomic E-state index is 5.24. The van der Waals surface area contributed by atoms with E-state index in [1.807, 2.05) is 36.4 Å². The SMILES string of the molecule is CC(C)OCc1nnc(I)o1. The van der Waals surface area contributed by atoms with Crippen LogP contribution in [0.3, 0.4) is 0 Å². The van der Waals surface area contributed by atoms with Gasteiger partial charge in [-0.25, -0.2) is 0 Å². The van der Waals surface area contributed by atoms with Crippen LogP contribution in [0.2, 0.25) is 0 Å². The third-order valence-corrected chi connectivity index (χ3v) is 1.42. The molecular weight excluding hydrogens is 259 g/mol. The van der Waals surface area contributed by atoms with Crippen molar-refractivity contribution in [1.82, 2.24) is 10.2 Å². The number of hydrogen-bond donors (Lipinski definition) is 0. The Morgan fingerprint density at radius 2 is 2.27 bits per heavy atom. The van der Waals surface area contributed by atoms with E-state index in [1.54, 1.807) is 0 Å². The first-order valence-electron chi connectivity index (χ1n) is 3.28. The highest BCUT2D eigenvalue weighted by molar-refractivity contribution is 14.1.